The average molecular weight is 342 g/mol. The summed E-state index contributed by atoms with van der Waals surface area (Å²) in [5.41, 5.74) is 2.27. The van der Waals surface area contributed by atoms with Gasteiger partial charge in [-0.2, -0.15) is 0 Å². The van der Waals surface area contributed by atoms with Gasteiger partial charge in [0.25, 0.3) is 5.91 Å². The second kappa shape index (κ2) is 8.55. The summed E-state index contributed by atoms with van der Waals surface area (Å²) in [5, 5.41) is 2.95. The van der Waals surface area contributed by atoms with Crippen molar-refractivity contribution in [1.82, 2.24) is 20.2 Å². The number of rotatable bonds is 6. The van der Waals surface area contributed by atoms with E-state index in [0.29, 0.717) is 18.0 Å². The van der Waals surface area contributed by atoms with Gasteiger partial charge in [0.2, 0.25) is 5.88 Å². The minimum atomic E-state index is -0.121. The van der Waals surface area contributed by atoms with Gasteiger partial charge < -0.3 is 14.8 Å². The molecule has 1 aliphatic heterocycles. The van der Waals surface area contributed by atoms with E-state index in [4.69, 9.17) is 9.47 Å². The van der Waals surface area contributed by atoms with Crippen LogP contribution in [0.15, 0.2) is 36.8 Å². The first-order valence-electron chi connectivity index (χ1n) is 8.30. The number of pyridine rings is 2. The summed E-state index contributed by atoms with van der Waals surface area (Å²) in [5.74, 6) is 0.429. The molecule has 7 heteroatoms. The number of hydrogen-bond acceptors (Lipinski definition) is 6. The third-order valence-electron chi connectivity index (χ3n) is 4.10. The van der Waals surface area contributed by atoms with Crippen LogP contribution in [0.3, 0.4) is 0 Å². The highest BCUT2D eigenvalue weighted by Crippen LogP contribution is 2.20. The molecule has 2 aromatic heterocycles. The van der Waals surface area contributed by atoms with E-state index in [9.17, 15) is 4.79 Å². The van der Waals surface area contributed by atoms with Crippen LogP contribution in [0.1, 0.15) is 10.4 Å². The molecule has 0 radical (unpaired) electrons. The molecular weight excluding hydrogens is 320 g/mol. The molecule has 1 aliphatic rings. The van der Waals surface area contributed by atoms with Crippen LogP contribution in [-0.4, -0.2) is 67.3 Å². The van der Waals surface area contributed by atoms with Crippen LogP contribution in [0.2, 0.25) is 0 Å². The maximum absolute atomic E-state index is 12.3. The van der Waals surface area contributed by atoms with E-state index < -0.39 is 0 Å². The van der Waals surface area contributed by atoms with Crippen molar-refractivity contribution in [3.05, 3.63) is 42.4 Å². The van der Waals surface area contributed by atoms with Crippen molar-refractivity contribution in [3.8, 4) is 17.0 Å². The van der Waals surface area contributed by atoms with E-state index in [1.54, 1.807) is 31.8 Å². The molecule has 0 aliphatic carbocycles. The first kappa shape index (κ1) is 17.3. The van der Waals surface area contributed by atoms with Crippen molar-refractivity contribution in [3.63, 3.8) is 0 Å². The van der Waals surface area contributed by atoms with Crippen molar-refractivity contribution in [2.45, 2.75) is 0 Å². The standard InChI is InChI=1S/C18H22N4O3/c1-24-17-3-2-14(13-21-17)15-10-16(12-19-11-15)18(23)20-4-5-22-6-8-25-9-7-22/h2-3,10-13H,4-9H2,1H3,(H,20,23). The summed E-state index contributed by atoms with van der Waals surface area (Å²) in [6.45, 7) is 4.78. The number of ether oxygens (including phenoxy) is 2. The van der Waals surface area contributed by atoms with E-state index in [2.05, 4.69) is 20.2 Å². The maximum Gasteiger partial charge on any atom is 0.252 e. The van der Waals surface area contributed by atoms with E-state index in [-0.39, 0.29) is 5.91 Å². The molecule has 132 valence electrons. The lowest BCUT2D eigenvalue weighted by Gasteiger charge is -2.26. The van der Waals surface area contributed by atoms with E-state index in [0.717, 1.165) is 44.0 Å². The molecule has 0 aromatic carbocycles. The third-order valence-corrected chi connectivity index (χ3v) is 4.10. The van der Waals surface area contributed by atoms with Crippen LogP contribution in [-0.2, 0) is 4.74 Å². The Kier molecular flexibility index (Phi) is 5.92. The van der Waals surface area contributed by atoms with Crippen LogP contribution in [0.5, 0.6) is 5.88 Å². The van der Waals surface area contributed by atoms with Gasteiger partial charge in [-0.1, -0.05) is 0 Å². The fourth-order valence-electron chi connectivity index (χ4n) is 2.65. The number of nitrogens with one attached hydrogen (secondary N) is 1. The zero-order valence-corrected chi connectivity index (χ0v) is 14.3. The molecule has 1 fully saturated rings. The Bertz CT molecular complexity index is 700. The highest BCUT2D eigenvalue weighted by molar-refractivity contribution is 5.95. The Morgan fingerprint density at radius 2 is 2.08 bits per heavy atom. The number of methoxy groups -OCH3 is 1. The number of aromatic nitrogens is 2. The lowest BCUT2D eigenvalue weighted by atomic mass is 10.1. The number of nitrogens with zero attached hydrogens (tertiary/aromatic N) is 3. The molecule has 1 N–H and O–H groups in total. The molecule has 0 spiro atoms. The summed E-state index contributed by atoms with van der Waals surface area (Å²) in [6.07, 6.45) is 4.99. The quantitative estimate of drug-likeness (QED) is 0.850. The summed E-state index contributed by atoms with van der Waals surface area (Å²) < 4.78 is 10.4. The molecule has 0 bridgehead atoms. The van der Waals surface area contributed by atoms with Crippen molar-refractivity contribution in [2.75, 3.05) is 46.5 Å². The highest BCUT2D eigenvalue weighted by atomic mass is 16.5. The maximum atomic E-state index is 12.3. The molecule has 1 saturated heterocycles. The second-order valence-electron chi connectivity index (χ2n) is 5.76. The monoisotopic (exact) mass is 342 g/mol. The molecular formula is C18H22N4O3. The van der Waals surface area contributed by atoms with Gasteiger partial charge in [0.1, 0.15) is 0 Å². The highest BCUT2D eigenvalue weighted by Gasteiger charge is 2.12. The van der Waals surface area contributed by atoms with E-state index >= 15 is 0 Å². The molecule has 0 atom stereocenters. The topological polar surface area (TPSA) is 76.6 Å². The van der Waals surface area contributed by atoms with Crippen LogP contribution >= 0.6 is 0 Å². The second-order valence-corrected chi connectivity index (χ2v) is 5.76. The Hall–Kier alpha value is -2.51. The van der Waals surface area contributed by atoms with Crippen LogP contribution in [0.25, 0.3) is 11.1 Å². The fraction of sp³-hybridized carbons (Fsp3) is 0.389. The molecule has 2 aromatic rings. The number of morpholine rings is 1. The number of carbonyl (C=O) groups excluding carboxylic acids is 1. The van der Waals surface area contributed by atoms with Gasteiger partial charge >= 0.3 is 0 Å². The van der Waals surface area contributed by atoms with Crippen LogP contribution < -0.4 is 10.1 Å². The Morgan fingerprint density at radius 3 is 2.80 bits per heavy atom. The third kappa shape index (κ3) is 4.74. The summed E-state index contributed by atoms with van der Waals surface area (Å²) in [4.78, 5) is 23.0. The predicted molar refractivity (Wildman–Crippen MR) is 93.6 cm³/mol. The molecule has 3 heterocycles. The van der Waals surface area contributed by atoms with Gasteiger partial charge in [-0.15, -0.1) is 0 Å². The first-order chi connectivity index (χ1) is 12.3. The normalized spacial score (nSPS) is 14.9. The van der Waals surface area contributed by atoms with Gasteiger partial charge in [0, 0.05) is 62.0 Å². The first-order valence-corrected chi connectivity index (χ1v) is 8.30. The minimum absolute atomic E-state index is 0.121. The minimum Gasteiger partial charge on any atom is -0.481 e. The molecule has 0 saturated carbocycles. The SMILES string of the molecule is COc1ccc(-c2cncc(C(=O)NCCN3CCOCC3)c2)cn1. The molecule has 3 rings (SSSR count). The van der Waals surface area contributed by atoms with Gasteiger partial charge in [0.15, 0.2) is 0 Å². The van der Waals surface area contributed by atoms with Crippen LogP contribution in [0, 0.1) is 0 Å². The van der Waals surface area contributed by atoms with Gasteiger partial charge in [-0.05, 0) is 12.1 Å². The predicted octanol–water partition coefficient (Wildman–Crippen LogP) is 1.21. The Morgan fingerprint density at radius 1 is 1.24 bits per heavy atom. The molecule has 0 unspecified atom stereocenters. The Labute approximate surface area is 147 Å². The summed E-state index contributed by atoms with van der Waals surface area (Å²) in [7, 11) is 1.57. The van der Waals surface area contributed by atoms with Gasteiger partial charge in [-0.25, -0.2) is 4.98 Å². The smallest absolute Gasteiger partial charge is 0.252 e. The zero-order chi connectivity index (χ0) is 17.5. The summed E-state index contributed by atoms with van der Waals surface area (Å²) in [6, 6.07) is 5.49. The fourth-order valence-corrected chi connectivity index (χ4v) is 2.65. The van der Waals surface area contributed by atoms with Crippen molar-refractivity contribution in [2.24, 2.45) is 0 Å². The molecule has 7 nitrogen and oxygen atoms in total. The largest absolute Gasteiger partial charge is 0.481 e. The van der Waals surface area contributed by atoms with E-state index in [1.807, 2.05) is 12.1 Å². The number of amides is 1. The van der Waals surface area contributed by atoms with Crippen molar-refractivity contribution < 1.29 is 14.3 Å². The average Bonchev–Trinajstić information content (AvgIpc) is 2.69. The number of carbonyl (C=O) groups is 1. The van der Waals surface area contributed by atoms with Gasteiger partial charge in [0.05, 0.1) is 25.9 Å². The zero-order valence-electron chi connectivity index (χ0n) is 14.3. The lowest BCUT2D eigenvalue weighted by Crippen LogP contribution is -2.41. The number of hydrogen-bond donors (Lipinski definition) is 1. The summed E-state index contributed by atoms with van der Waals surface area (Å²) >= 11 is 0. The molecule has 1 amide bonds. The lowest BCUT2D eigenvalue weighted by molar-refractivity contribution is 0.0383. The Balaban J connectivity index is 1.58. The van der Waals surface area contributed by atoms with Crippen LogP contribution in [0.4, 0.5) is 0 Å². The van der Waals surface area contributed by atoms with E-state index in [1.165, 1.54) is 0 Å². The van der Waals surface area contributed by atoms with Crippen molar-refractivity contribution in [1.29, 1.82) is 0 Å². The van der Waals surface area contributed by atoms with Gasteiger partial charge in [-0.3, -0.25) is 14.7 Å². The van der Waals surface area contributed by atoms with Crippen molar-refractivity contribution >= 4 is 5.91 Å². The molecule has 25 heavy (non-hydrogen) atoms.